The zero-order valence-corrected chi connectivity index (χ0v) is 8.94. The van der Waals surface area contributed by atoms with Crippen molar-refractivity contribution >= 4 is 17.7 Å². The molecule has 0 spiro atoms. The summed E-state index contributed by atoms with van der Waals surface area (Å²) < 4.78 is 0. The van der Waals surface area contributed by atoms with Crippen LogP contribution in [0.15, 0.2) is 12.2 Å². The molecule has 2 aliphatic rings. The van der Waals surface area contributed by atoms with Gasteiger partial charge in [-0.3, -0.25) is 19.7 Å². The molecule has 1 unspecified atom stereocenters. The Labute approximate surface area is 93.5 Å². The molecule has 1 heterocycles. The molecular weight excluding hydrogens is 208 g/mol. The minimum Gasteiger partial charge on any atom is -0.324 e. The summed E-state index contributed by atoms with van der Waals surface area (Å²) in [5.74, 6) is -0.928. The second kappa shape index (κ2) is 4.47. The van der Waals surface area contributed by atoms with Gasteiger partial charge < -0.3 is 4.90 Å². The fourth-order valence-corrected chi connectivity index (χ4v) is 2.07. The Hall–Kier alpha value is -1.65. The Morgan fingerprint density at radius 1 is 1.25 bits per heavy atom. The van der Waals surface area contributed by atoms with Crippen molar-refractivity contribution in [1.82, 2.24) is 10.2 Å². The van der Waals surface area contributed by atoms with E-state index in [0.29, 0.717) is 6.42 Å². The fourth-order valence-electron chi connectivity index (χ4n) is 2.07. The number of hydrogen-bond donors (Lipinski definition) is 1. The van der Waals surface area contributed by atoms with Crippen LogP contribution in [0, 0.1) is 5.92 Å². The highest BCUT2D eigenvalue weighted by atomic mass is 16.2. The molecule has 1 N–H and O–H groups in total. The maximum atomic E-state index is 12.0. The van der Waals surface area contributed by atoms with Gasteiger partial charge in [0.05, 0.1) is 0 Å². The second-order valence-electron chi connectivity index (χ2n) is 4.15. The maximum Gasteiger partial charge on any atom is 0.246 e. The monoisotopic (exact) mass is 222 g/mol. The number of piperazine rings is 1. The van der Waals surface area contributed by atoms with Gasteiger partial charge in [0.25, 0.3) is 0 Å². The summed E-state index contributed by atoms with van der Waals surface area (Å²) in [5, 5.41) is 2.18. The van der Waals surface area contributed by atoms with Gasteiger partial charge in [0.2, 0.25) is 17.7 Å². The van der Waals surface area contributed by atoms with Crippen LogP contribution in [0.3, 0.4) is 0 Å². The molecule has 0 bridgehead atoms. The van der Waals surface area contributed by atoms with Gasteiger partial charge in [-0.1, -0.05) is 12.2 Å². The van der Waals surface area contributed by atoms with Crippen LogP contribution in [0.5, 0.6) is 0 Å². The molecule has 0 aromatic carbocycles. The lowest BCUT2D eigenvalue weighted by molar-refractivity contribution is -0.147. The van der Waals surface area contributed by atoms with Crippen molar-refractivity contribution < 1.29 is 14.4 Å². The Bertz CT molecular complexity index is 346. The van der Waals surface area contributed by atoms with Gasteiger partial charge in [-0.15, -0.1) is 0 Å². The number of rotatable bonds is 1. The first-order valence-electron chi connectivity index (χ1n) is 5.43. The van der Waals surface area contributed by atoms with Crippen molar-refractivity contribution in [1.29, 1.82) is 0 Å². The van der Waals surface area contributed by atoms with Crippen molar-refractivity contribution in [2.45, 2.75) is 19.3 Å². The minimum atomic E-state index is -0.393. The zero-order valence-electron chi connectivity index (χ0n) is 8.94. The van der Waals surface area contributed by atoms with Crippen LogP contribution in [0.1, 0.15) is 19.3 Å². The van der Waals surface area contributed by atoms with Crippen LogP contribution in [-0.4, -0.2) is 35.7 Å². The molecule has 3 amide bonds. The van der Waals surface area contributed by atoms with Gasteiger partial charge in [0, 0.05) is 5.92 Å². The van der Waals surface area contributed by atoms with Gasteiger partial charge in [0.1, 0.15) is 13.1 Å². The summed E-state index contributed by atoms with van der Waals surface area (Å²) in [6, 6.07) is 0. The van der Waals surface area contributed by atoms with Crippen molar-refractivity contribution in [3.63, 3.8) is 0 Å². The summed E-state index contributed by atoms with van der Waals surface area (Å²) in [6.45, 7) is 0.00950. The van der Waals surface area contributed by atoms with Crippen LogP contribution in [0.25, 0.3) is 0 Å². The van der Waals surface area contributed by atoms with E-state index in [2.05, 4.69) is 11.4 Å². The van der Waals surface area contributed by atoms with E-state index in [4.69, 9.17) is 0 Å². The first kappa shape index (κ1) is 10.9. The number of hydrogen-bond acceptors (Lipinski definition) is 3. The summed E-state index contributed by atoms with van der Waals surface area (Å²) >= 11 is 0. The average Bonchev–Trinajstić information content (AvgIpc) is 2.28. The molecule has 0 saturated carbocycles. The summed E-state index contributed by atoms with van der Waals surface area (Å²) in [5.41, 5.74) is 0. The lowest BCUT2D eigenvalue weighted by atomic mass is 9.93. The van der Waals surface area contributed by atoms with Crippen molar-refractivity contribution in [2.75, 3.05) is 13.1 Å². The Morgan fingerprint density at radius 3 is 2.50 bits per heavy atom. The van der Waals surface area contributed by atoms with Crippen LogP contribution in [0.2, 0.25) is 0 Å². The number of carbonyl (C=O) groups excluding carboxylic acids is 3. The highest BCUT2D eigenvalue weighted by Crippen LogP contribution is 2.20. The smallest absolute Gasteiger partial charge is 0.246 e. The Kier molecular flexibility index (Phi) is 3.03. The third-order valence-corrected chi connectivity index (χ3v) is 2.88. The van der Waals surface area contributed by atoms with E-state index in [0.717, 1.165) is 12.8 Å². The van der Waals surface area contributed by atoms with Crippen LogP contribution >= 0.6 is 0 Å². The number of allylic oxidation sites excluding steroid dienone is 2. The van der Waals surface area contributed by atoms with Gasteiger partial charge in [0.15, 0.2) is 0 Å². The average molecular weight is 222 g/mol. The Balaban J connectivity index is 2.00. The molecule has 1 aliphatic heterocycles. The standard InChI is InChI=1S/C11H14N2O3/c14-9-6-13(7-10(15)12-9)11(16)8-4-2-1-3-5-8/h1-2,8H,3-7H2,(H,12,14,15). The minimum absolute atomic E-state index is 0.00475. The van der Waals surface area contributed by atoms with E-state index < -0.39 is 11.8 Å². The molecule has 0 aromatic rings. The first-order chi connectivity index (χ1) is 7.66. The lowest BCUT2D eigenvalue weighted by Crippen LogP contribution is -2.54. The largest absolute Gasteiger partial charge is 0.324 e. The molecule has 1 saturated heterocycles. The fraction of sp³-hybridized carbons (Fsp3) is 0.545. The summed E-state index contributed by atoms with van der Waals surface area (Å²) in [4.78, 5) is 35.6. The van der Waals surface area contributed by atoms with Gasteiger partial charge in [-0.2, -0.15) is 0 Å². The number of amides is 3. The highest BCUT2D eigenvalue weighted by molar-refractivity contribution is 6.02. The van der Waals surface area contributed by atoms with Gasteiger partial charge in [-0.25, -0.2) is 0 Å². The zero-order chi connectivity index (χ0) is 11.5. The molecule has 1 aliphatic carbocycles. The molecule has 86 valence electrons. The molecule has 0 radical (unpaired) electrons. The van der Waals surface area contributed by atoms with E-state index in [1.165, 1.54) is 4.90 Å². The lowest BCUT2D eigenvalue weighted by Gasteiger charge is -2.29. The number of nitrogens with zero attached hydrogens (tertiary/aromatic N) is 1. The molecule has 1 atom stereocenters. The van der Waals surface area contributed by atoms with Gasteiger partial charge >= 0.3 is 0 Å². The number of nitrogens with one attached hydrogen (secondary N) is 1. The molecule has 5 nitrogen and oxygen atoms in total. The van der Waals surface area contributed by atoms with Crippen molar-refractivity contribution in [3.8, 4) is 0 Å². The van der Waals surface area contributed by atoms with E-state index in [1.807, 2.05) is 6.08 Å². The first-order valence-corrected chi connectivity index (χ1v) is 5.43. The molecule has 0 aromatic heterocycles. The molecule has 1 fully saturated rings. The van der Waals surface area contributed by atoms with Crippen LogP contribution in [0.4, 0.5) is 0 Å². The van der Waals surface area contributed by atoms with Crippen molar-refractivity contribution in [3.05, 3.63) is 12.2 Å². The quantitative estimate of drug-likeness (QED) is 0.494. The van der Waals surface area contributed by atoms with E-state index >= 15 is 0 Å². The summed E-state index contributed by atoms with van der Waals surface area (Å²) in [6.07, 6.45) is 6.45. The maximum absolute atomic E-state index is 12.0. The summed E-state index contributed by atoms with van der Waals surface area (Å²) in [7, 11) is 0. The van der Waals surface area contributed by atoms with E-state index in [1.54, 1.807) is 0 Å². The molecule has 16 heavy (non-hydrogen) atoms. The van der Waals surface area contributed by atoms with Crippen LogP contribution in [-0.2, 0) is 14.4 Å². The SMILES string of the molecule is O=C1CN(C(=O)C2CC=CCC2)CC(=O)N1. The van der Waals surface area contributed by atoms with Crippen molar-refractivity contribution in [2.24, 2.45) is 5.92 Å². The Morgan fingerprint density at radius 2 is 1.94 bits per heavy atom. The predicted octanol–water partition coefficient (Wildman–Crippen LogP) is -0.172. The van der Waals surface area contributed by atoms with E-state index in [-0.39, 0.29) is 24.9 Å². The van der Waals surface area contributed by atoms with Crippen LogP contribution < -0.4 is 5.32 Å². The third kappa shape index (κ3) is 2.29. The third-order valence-electron chi connectivity index (χ3n) is 2.88. The molecular formula is C11H14N2O3. The normalized spacial score (nSPS) is 25.5. The second-order valence-corrected chi connectivity index (χ2v) is 4.15. The number of carbonyl (C=O) groups is 3. The number of imide groups is 1. The predicted molar refractivity (Wildman–Crippen MR) is 56.2 cm³/mol. The highest BCUT2D eigenvalue weighted by Gasteiger charge is 2.30. The topological polar surface area (TPSA) is 66.5 Å². The van der Waals surface area contributed by atoms with E-state index in [9.17, 15) is 14.4 Å². The molecule has 5 heteroatoms. The molecule has 2 rings (SSSR count). The van der Waals surface area contributed by atoms with Gasteiger partial charge in [-0.05, 0) is 19.3 Å².